The number of hydrogen-bond donors (Lipinski definition) is 2. The van der Waals surface area contributed by atoms with Crippen molar-refractivity contribution in [3.8, 4) is 0 Å². The molecule has 3 aromatic rings. The fourth-order valence-corrected chi connectivity index (χ4v) is 2.74. The summed E-state index contributed by atoms with van der Waals surface area (Å²) in [6, 6.07) is 11.4. The SMILES string of the molecule is Cn1ccc2c(C(=O)NCC(O)c3ccc(Cl)c(F)c3)cccc21. The van der Waals surface area contributed by atoms with Crippen molar-refractivity contribution in [2.24, 2.45) is 7.05 Å². The van der Waals surface area contributed by atoms with Gasteiger partial charge < -0.3 is 15.0 Å². The third kappa shape index (κ3) is 3.13. The van der Waals surface area contributed by atoms with Crippen molar-refractivity contribution in [1.29, 1.82) is 0 Å². The molecule has 1 aromatic heterocycles. The fourth-order valence-electron chi connectivity index (χ4n) is 2.62. The monoisotopic (exact) mass is 346 g/mol. The highest BCUT2D eigenvalue weighted by Gasteiger charge is 2.15. The topological polar surface area (TPSA) is 54.3 Å². The van der Waals surface area contributed by atoms with E-state index < -0.39 is 11.9 Å². The van der Waals surface area contributed by atoms with Crippen LogP contribution in [0.15, 0.2) is 48.7 Å². The number of fused-ring (bicyclic) bond motifs is 1. The summed E-state index contributed by atoms with van der Waals surface area (Å²) in [5.41, 5.74) is 1.83. The van der Waals surface area contributed by atoms with E-state index in [2.05, 4.69) is 5.32 Å². The largest absolute Gasteiger partial charge is 0.387 e. The lowest BCUT2D eigenvalue weighted by molar-refractivity contribution is 0.0918. The van der Waals surface area contributed by atoms with E-state index >= 15 is 0 Å². The number of hydrogen-bond acceptors (Lipinski definition) is 2. The molecular weight excluding hydrogens is 331 g/mol. The lowest BCUT2D eigenvalue weighted by Crippen LogP contribution is -2.28. The highest BCUT2D eigenvalue weighted by molar-refractivity contribution is 6.30. The summed E-state index contributed by atoms with van der Waals surface area (Å²) in [6.07, 6.45) is 0.864. The van der Waals surface area contributed by atoms with Crippen LogP contribution in [0.4, 0.5) is 4.39 Å². The highest BCUT2D eigenvalue weighted by atomic mass is 35.5. The van der Waals surface area contributed by atoms with Gasteiger partial charge in [-0.05, 0) is 35.9 Å². The van der Waals surface area contributed by atoms with E-state index in [1.165, 1.54) is 12.1 Å². The molecule has 2 N–H and O–H groups in total. The standard InChI is InChI=1S/C18H16ClFN2O2/c1-22-8-7-12-13(3-2-4-16(12)22)18(24)21-10-17(23)11-5-6-14(19)15(20)9-11/h2-9,17,23H,10H2,1H3,(H,21,24). The molecule has 0 bridgehead atoms. The molecule has 0 saturated carbocycles. The number of nitrogens with zero attached hydrogens (tertiary/aromatic N) is 1. The smallest absolute Gasteiger partial charge is 0.252 e. The van der Waals surface area contributed by atoms with Gasteiger partial charge in [-0.3, -0.25) is 4.79 Å². The summed E-state index contributed by atoms with van der Waals surface area (Å²) in [5.74, 6) is -0.895. The minimum Gasteiger partial charge on any atom is -0.387 e. The van der Waals surface area contributed by atoms with Crippen LogP contribution in [0.25, 0.3) is 10.9 Å². The van der Waals surface area contributed by atoms with Gasteiger partial charge in [0.1, 0.15) is 5.82 Å². The summed E-state index contributed by atoms with van der Waals surface area (Å²) in [4.78, 5) is 12.4. The van der Waals surface area contributed by atoms with Crippen molar-refractivity contribution in [3.05, 3.63) is 70.6 Å². The number of carbonyl (C=O) groups excluding carboxylic acids is 1. The average molecular weight is 347 g/mol. The van der Waals surface area contributed by atoms with Crippen LogP contribution in [-0.4, -0.2) is 22.1 Å². The van der Waals surface area contributed by atoms with Crippen LogP contribution >= 0.6 is 11.6 Å². The Labute approximate surface area is 143 Å². The van der Waals surface area contributed by atoms with Crippen LogP contribution in [0.5, 0.6) is 0 Å². The van der Waals surface area contributed by atoms with Crippen LogP contribution in [0.3, 0.4) is 0 Å². The van der Waals surface area contributed by atoms with Crippen molar-refractivity contribution < 1.29 is 14.3 Å². The van der Waals surface area contributed by atoms with Crippen LogP contribution in [0.1, 0.15) is 22.0 Å². The second kappa shape index (κ2) is 6.63. The number of aryl methyl sites for hydroxylation is 1. The second-order valence-electron chi connectivity index (χ2n) is 5.56. The molecule has 24 heavy (non-hydrogen) atoms. The summed E-state index contributed by atoms with van der Waals surface area (Å²) in [5, 5.41) is 13.6. The number of amides is 1. The van der Waals surface area contributed by atoms with E-state index in [1.807, 2.05) is 36.0 Å². The summed E-state index contributed by atoms with van der Waals surface area (Å²) in [7, 11) is 1.91. The van der Waals surface area contributed by atoms with E-state index in [4.69, 9.17) is 11.6 Å². The van der Waals surface area contributed by atoms with Gasteiger partial charge in [-0.25, -0.2) is 4.39 Å². The van der Waals surface area contributed by atoms with Gasteiger partial charge in [-0.1, -0.05) is 23.7 Å². The zero-order valence-corrected chi connectivity index (χ0v) is 13.7. The molecule has 1 heterocycles. The minimum absolute atomic E-state index is 0.00857. The number of aromatic nitrogens is 1. The van der Waals surface area contributed by atoms with Crippen LogP contribution in [0.2, 0.25) is 5.02 Å². The first kappa shape index (κ1) is 16.5. The molecule has 0 aliphatic heterocycles. The molecule has 0 fully saturated rings. The molecule has 1 atom stereocenters. The van der Waals surface area contributed by atoms with E-state index in [1.54, 1.807) is 6.07 Å². The normalized spacial score (nSPS) is 12.3. The quantitative estimate of drug-likeness (QED) is 0.760. The van der Waals surface area contributed by atoms with Gasteiger partial charge >= 0.3 is 0 Å². The third-order valence-corrected chi connectivity index (χ3v) is 4.26. The van der Waals surface area contributed by atoms with E-state index in [0.29, 0.717) is 11.1 Å². The maximum atomic E-state index is 13.4. The zero-order valence-electron chi connectivity index (χ0n) is 13.0. The molecule has 0 aliphatic carbocycles. The molecule has 3 rings (SSSR count). The molecule has 2 aromatic carbocycles. The van der Waals surface area contributed by atoms with Gasteiger partial charge in [0.2, 0.25) is 0 Å². The number of aliphatic hydroxyl groups is 1. The number of halogens is 2. The summed E-state index contributed by atoms with van der Waals surface area (Å²) in [6.45, 7) is -0.0247. The molecule has 0 spiro atoms. The second-order valence-corrected chi connectivity index (χ2v) is 5.97. The first-order valence-electron chi connectivity index (χ1n) is 7.42. The fraction of sp³-hybridized carbons (Fsp3) is 0.167. The molecule has 1 unspecified atom stereocenters. The average Bonchev–Trinajstić information content (AvgIpc) is 2.96. The maximum absolute atomic E-state index is 13.4. The first-order chi connectivity index (χ1) is 11.5. The Morgan fingerprint density at radius 3 is 2.88 bits per heavy atom. The summed E-state index contributed by atoms with van der Waals surface area (Å²) < 4.78 is 15.4. The minimum atomic E-state index is -1.02. The molecule has 124 valence electrons. The van der Waals surface area contributed by atoms with Gasteiger partial charge in [-0.2, -0.15) is 0 Å². The van der Waals surface area contributed by atoms with Gasteiger partial charge in [0, 0.05) is 36.3 Å². The van der Waals surface area contributed by atoms with Gasteiger partial charge in [0.05, 0.1) is 11.1 Å². The van der Waals surface area contributed by atoms with Crippen molar-refractivity contribution >= 4 is 28.4 Å². The Morgan fingerprint density at radius 2 is 2.12 bits per heavy atom. The number of aliphatic hydroxyl groups excluding tert-OH is 1. The molecule has 0 aliphatic rings. The Balaban J connectivity index is 1.73. The summed E-state index contributed by atoms with van der Waals surface area (Å²) >= 11 is 5.62. The lowest BCUT2D eigenvalue weighted by Gasteiger charge is -2.13. The van der Waals surface area contributed by atoms with Gasteiger partial charge in [0.15, 0.2) is 0 Å². The first-order valence-corrected chi connectivity index (χ1v) is 7.80. The van der Waals surface area contributed by atoms with E-state index in [-0.39, 0.29) is 17.5 Å². The van der Waals surface area contributed by atoms with Crippen molar-refractivity contribution in [2.45, 2.75) is 6.10 Å². The van der Waals surface area contributed by atoms with Crippen molar-refractivity contribution in [2.75, 3.05) is 6.54 Å². The molecule has 0 saturated heterocycles. The lowest BCUT2D eigenvalue weighted by atomic mass is 10.1. The van der Waals surface area contributed by atoms with E-state index in [9.17, 15) is 14.3 Å². The number of nitrogens with one attached hydrogen (secondary N) is 1. The molecule has 1 amide bonds. The predicted molar refractivity (Wildman–Crippen MR) is 91.6 cm³/mol. The number of benzene rings is 2. The maximum Gasteiger partial charge on any atom is 0.252 e. The van der Waals surface area contributed by atoms with Crippen molar-refractivity contribution in [3.63, 3.8) is 0 Å². The van der Waals surface area contributed by atoms with E-state index in [0.717, 1.165) is 17.0 Å². The third-order valence-electron chi connectivity index (χ3n) is 3.96. The van der Waals surface area contributed by atoms with Crippen molar-refractivity contribution in [1.82, 2.24) is 9.88 Å². The Kier molecular flexibility index (Phi) is 4.55. The molecular formula is C18H16ClFN2O2. The zero-order chi connectivity index (χ0) is 17.3. The Morgan fingerprint density at radius 1 is 1.33 bits per heavy atom. The molecule has 6 heteroatoms. The number of rotatable bonds is 4. The molecule has 4 nitrogen and oxygen atoms in total. The Bertz CT molecular complexity index is 907. The van der Waals surface area contributed by atoms with Crippen LogP contribution in [0, 0.1) is 5.82 Å². The number of carbonyl (C=O) groups is 1. The van der Waals surface area contributed by atoms with Crippen LogP contribution < -0.4 is 5.32 Å². The Hall–Kier alpha value is -2.37. The molecule has 0 radical (unpaired) electrons. The van der Waals surface area contributed by atoms with Crippen LogP contribution in [-0.2, 0) is 7.05 Å². The van der Waals surface area contributed by atoms with Gasteiger partial charge in [-0.15, -0.1) is 0 Å². The highest BCUT2D eigenvalue weighted by Crippen LogP contribution is 2.21. The predicted octanol–water partition coefficient (Wildman–Crippen LogP) is 3.43. The van der Waals surface area contributed by atoms with Gasteiger partial charge in [0.25, 0.3) is 5.91 Å².